The normalized spacial score (nSPS) is 14.9. The molecule has 0 amide bonds. The Balaban J connectivity index is 2.67. The van der Waals surface area contributed by atoms with E-state index in [1.54, 1.807) is 6.20 Å². The quantitative estimate of drug-likeness (QED) is 0.641. The van der Waals surface area contributed by atoms with Gasteiger partial charge in [-0.05, 0) is 13.0 Å². The van der Waals surface area contributed by atoms with Gasteiger partial charge in [-0.2, -0.15) is 0 Å². The molecule has 1 rings (SSSR count). The molecule has 4 nitrogen and oxygen atoms in total. The molecule has 0 aromatic carbocycles. The number of aromatic nitrogens is 1. The van der Waals surface area contributed by atoms with Crippen LogP contribution in [0.25, 0.3) is 0 Å². The van der Waals surface area contributed by atoms with Gasteiger partial charge in [0.1, 0.15) is 5.03 Å². The molecule has 1 aromatic rings. The molecular weight excluding hydrogens is 212 g/mol. The third kappa shape index (κ3) is 3.79. The largest absolute Gasteiger partial charge is 0.394 e. The molecule has 1 unspecified atom stereocenters. The Labute approximate surface area is 93.5 Å². The zero-order valence-electron chi connectivity index (χ0n) is 8.63. The highest BCUT2D eigenvalue weighted by Gasteiger charge is 2.10. The molecule has 1 aromatic heterocycles. The molecule has 0 saturated heterocycles. The first-order valence-corrected chi connectivity index (χ1v) is 5.76. The van der Waals surface area contributed by atoms with Crippen molar-refractivity contribution in [1.82, 2.24) is 4.98 Å². The third-order valence-corrected chi connectivity index (χ3v) is 3.08. The Bertz CT molecular complexity index is 307. The van der Waals surface area contributed by atoms with E-state index in [2.05, 4.69) is 4.98 Å². The molecule has 1 heterocycles. The molecule has 0 saturated carbocycles. The minimum atomic E-state index is -0.710. The van der Waals surface area contributed by atoms with Crippen LogP contribution < -0.4 is 5.73 Å². The number of hydrogen-bond donors (Lipinski definition) is 3. The molecule has 0 aliphatic carbocycles. The van der Waals surface area contributed by atoms with Crippen molar-refractivity contribution in [1.29, 1.82) is 0 Å². The fraction of sp³-hybridized carbons (Fsp3) is 0.500. The molecule has 0 radical (unpaired) electrons. The van der Waals surface area contributed by atoms with Crippen LogP contribution >= 0.6 is 11.8 Å². The summed E-state index contributed by atoms with van der Waals surface area (Å²) in [5.41, 5.74) is 6.75. The molecule has 15 heavy (non-hydrogen) atoms. The fourth-order valence-corrected chi connectivity index (χ4v) is 2.11. The number of nitrogens with zero attached hydrogens (tertiary/aromatic N) is 1. The lowest BCUT2D eigenvalue weighted by Gasteiger charge is -2.12. The van der Waals surface area contributed by atoms with Gasteiger partial charge in [-0.3, -0.25) is 0 Å². The smallest absolute Gasteiger partial charge is 0.101 e. The minimum Gasteiger partial charge on any atom is -0.394 e. The molecule has 5 heteroatoms. The standard InChI is InChI=1S/C10H16N2O2S/c1-7(11)9-3-2-4-12-10(9)15-6-8(14)5-13/h2-4,7-8,13-14H,5-6,11H2,1H3/t7-,8?/m1/s1. The summed E-state index contributed by atoms with van der Waals surface area (Å²) in [7, 11) is 0. The lowest BCUT2D eigenvalue weighted by Crippen LogP contribution is -2.15. The van der Waals surface area contributed by atoms with Gasteiger partial charge in [-0.1, -0.05) is 6.07 Å². The van der Waals surface area contributed by atoms with Crippen molar-refractivity contribution in [3.05, 3.63) is 23.9 Å². The first-order chi connectivity index (χ1) is 7.15. The number of rotatable bonds is 5. The highest BCUT2D eigenvalue weighted by molar-refractivity contribution is 7.99. The molecule has 0 aliphatic rings. The van der Waals surface area contributed by atoms with Gasteiger partial charge in [-0.25, -0.2) is 4.98 Å². The van der Waals surface area contributed by atoms with E-state index in [0.29, 0.717) is 5.75 Å². The second-order valence-corrected chi connectivity index (χ2v) is 4.34. The molecular formula is C10H16N2O2S. The number of hydrogen-bond acceptors (Lipinski definition) is 5. The Morgan fingerprint density at radius 3 is 2.93 bits per heavy atom. The average Bonchev–Trinajstić information content (AvgIpc) is 2.26. The SMILES string of the molecule is C[C@@H](N)c1cccnc1SCC(O)CO. The summed E-state index contributed by atoms with van der Waals surface area (Å²) in [6.45, 7) is 1.66. The lowest BCUT2D eigenvalue weighted by atomic mass is 10.2. The van der Waals surface area contributed by atoms with Gasteiger partial charge in [0.15, 0.2) is 0 Å². The summed E-state index contributed by atoms with van der Waals surface area (Å²) >= 11 is 1.41. The van der Waals surface area contributed by atoms with E-state index in [1.165, 1.54) is 11.8 Å². The maximum atomic E-state index is 9.22. The van der Waals surface area contributed by atoms with E-state index in [0.717, 1.165) is 10.6 Å². The number of pyridine rings is 1. The van der Waals surface area contributed by atoms with Crippen molar-refractivity contribution in [2.45, 2.75) is 24.1 Å². The molecule has 0 bridgehead atoms. The number of aliphatic hydroxyl groups excluding tert-OH is 2. The highest BCUT2D eigenvalue weighted by Crippen LogP contribution is 2.24. The zero-order valence-corrected chi connectivity index (χ0v) is 9.44. The van der Waals surface area contributed by atoms with E-state index in [4.69, 9.17) is 10.8 Å². The number of nitrogens with two attached hydrogens (primary N) is 1. The molecule has 0 aliphatic heterocycles. The van der Waals surface area contributed by atoms with E-state index in [9.17, 15) is 5.11 Å². The Morgan fingerprint density at radius 1 is 1.60 bits per heavy atom. The van der Waals surface area contributed by atoms with Crippen LogP contribution in [-0.4, -0.2) is 33.7 Å². The molecule has 2 atom stereocenters. The predicted molar refractivity (Wildman–Crippen MR) is 60.7 cm³/mol. The maximum Gasteiger partial charge on any atom is 0.101 e. The van der Waals surface area contributed by atoms with E-state index in [-0.39, 0.29) is 12.6 Å². The first-order valence-electron chi connectivity index (χ1n) is 4.77. The van der Waals surface area contributed by atoms with Crippen molar-refractivity contribution < 1.29 is 10.2 Å². The minimum absolute atomic E-state index is 0.0764. The average molecular weight is 228 g/mol. The second-order valence-electron chi connectivity index (χ2n) is 3.33. The van der Waals surface area contributed by atoms with Crippen LogP contribution in [-0.2, 0) is 0 Å². The van der Waals surface area contributed by atoms with Gasteiger partial charge in [0.25, 0.3) is 0 Å². The van der Waals surface area contributed by atoms with Crippen molar-refractivity contribution in [3.63, 3.8) is 0 Å². The summed E-state index contributed by atoms with van der Waals surface area (Å²) in [6.07, 6.45) is 0.984. The Hall–Kier alpha value is -0.620. The van der Waals surface area contributed by atoms with Gasteiger partial charge in [0.05, 0.1) is 12.7 Å². The van der Waals surface area contributed by atoms with Crippen LogP contribution in [0.4, 0.5) is 0 Å². The van der Waals surface area contributed by atoms with Crippen molar-refractivity contribution in [2.24, 2.45) is 5.73 Å². The monoisotopic (exact) mass is 228 g/mol. The third-order valence-electron chi connectivity index (χ3n) is 1.91. The van der Waals surface area contributed by atoms with Gasteiger partial charge < -0.3 is 15.9 Å². The van der Waals surface area contributed by atoms with E-state index in [1.807, 2.05) is 19.1 Å². The molecule has 84 valence electrons. The Morgan fingerprint density at radius 2 is 2.33 bits per heavy atom. The van der Waals surface area contributed by atoms with Crippen LogP contribution in [0.3, 0.4) is 0 Å². The van der Waals surface area contributed by atoms with Crippen molar-refractivity contribution >= 4 is 11.8 Å². The van der Waals surface area contributed by atoms with Gasteiger partial charge >= 0.3 is 0 Å². The molecule has 0 spiro atoms. The molecule has 0 fully saturated rings. The predicted octanol–water partition coefficient (Wildman–Crippen LogP) is 0.547. The van der Waals surface area contributed by atoms with Crippen LogP contribution in [0.5, 0.6) is 0 Å². The van der Waals surface area contributed by atoms with Gasteiger partial charge in [-0.15, -0.1) is 11.8 Å². The summed E-state index contributed by atoms with van der Waals surface area (Å²) in [5, 5.41) is 18.7. The van der Waals surface area contributed by atoms with Crippen LogP contribution in [0, 0.1) is 0 Å². The van der Waals surface area contributed by atoms with Crippen molar-refractivity contribution in [2.75, 3.05) is 12.4 Å². The van der Waals surface area contributed by atoms with Crippen LogP contribution in [0.2, 0.25) is 0 Å². The lowest BCUT2D eigenvalue weighted by molar-refractivity contribution is 0.113. The summed E-state index contributed by atoms with van der Waals surface area (Å²) < 4.78 is 0. The van der Waals surface area contributed by atoms with Crippen LogP contribution in [0.1, 0.15) is 18.5 Å². The first kappa shape index (κ1) is 12.4. The zero-order chi connectivity index (χ0) is 11.3. The fourth-order valence-electron chi connectivity index (χ4n) is 1.10. The van der Waals surface area contributed by atoms with E-state index < -0.39 is 6.10 Å². The van der Waals surface area contributed by atoms with Crippen molar-refractivity contribution in [3.8, 4) is 0 Å². The Kier molecular flexibility index (Phi) is 5.04. The number of aliphatic hydroxyl groups is 2. The second kappa shape index (κ2) is 6.07. The van der Waals surface area contributed by atoms with E-state index >= 15 is 0 Å². The summed E-state index contributed by atoms with van der Waals surface area (Å²) in [6, 6.07) is 3.68. The van der Waals surface area contributed by atoms with Gasteiger partial charge in [0, 0.05) is 23.6 Å². The molecule has 4 N–H and O–H groups in total. The summed E-state index contributed by atoms with van der Waals surface area (Å²) in [4.78, 5) is 4.20. The summed E-state index contributed by atoms with van der Waals surface area (Å²) in [5.74, 6) is 0.424. The topological polar surface area (TPSA) is 79.4 Å². The maximum absolute atomic E-state index is 9.22. The number of thioether (sulfide) groups is 1. The van der Waals surface area contributed by atoms with Gasteiger partial charge in [0.2, 0.25) is 0 Å². The van der Waals surface area contributed by atoms with Crippen LogP contribution in [0.15, 0.2) is 23.4 Å². The highest BCUT2D eigenvalue weighted by atomic mass is 32.2.